The summed E-state index contributed by atoms with van der Waals surface area (Å²) in [6, 6.07) is 9.29. The molecule has 0 aromatic heterocycles. The zero-order chi connectivity index (χ0) is 18.2. The molecule has 3 rings (SSSR count). The maximum absolute atomic E-state index is 13.4. The highest BCUT2D eigenvalue weighted by atomic mass is 32.2. The van der Waals surface area contributed by atoms with Gasteiger partial charge in [-0.1, -0.05) is 63.3 Å². The van der Waals surface area contributed by atoms with Crippen molar-refractivity contribution in [1.29, 1.82) is 0 Å². The van der Waals surface area contributed by atoms with Crippen LogP contribution in [0.3, 0.4) is 0 Å². The fraction of sp³-hybridized carbons (Fsp3) is 0.421. The summed E-state index contributed by atoms with van der Waals surface area (Å²) in [7, 11) is -3.66. The van der Waals surface area contributed by atoms with Gasteiger partial charge in [-0.25, -0.2) is 12.7 Å². The molecule has 1 aliphatic carbocycles. The van der Waals surface area contributed by atoms with E-state index in [1.165, 1.54) is 10.5 Å². The van der Waals surface area contributed by atoms with Crippen LogP contribution in [0.5, 0.6) is 0 Å². The minimum Gasteiger partial charge on any atom is -0.357 e. The van der Waals surface area contributed by atoms with Gasteiger partial charge in [0.25, 0.3) is 0 Å². The highest BCUT2D eigenvalue weighted by Crippen LogP contribution is 2.37. The zero-order valence-corrected chi connectivity index (χ0v) is 15.5. The fourth-order valence-electron chi connectivity index (χ4n) is 3.55. The first kappa shape index (κ1) is 17.7. The molecule has 5 nitrogen and oxygen atoms in total. The minimum atomic E-state index is -3.66. The van der Waals surface area contributed by atoms with E-state index in [1.54, 1.807) is 6.08 Å². The number of carbonyl (C=O) groups is 1. The third-order valence-corrected chi connectivity index (χ3v) is 7.66. The lowest BCUT2D eigenvalue weighted by atomic mass is 9.79. The van der Waals surface area contributed by atoms with Gasteiger partial charge in [0.2, 0.25) is 10.0 Å². The molecule has 2 aliphatic rings. The first-order valence-electron chi connectivity index (χ1n) is 8.55. The summed E-state index contributed by atoms with van der Waals surface area (Å²) < 4.78 is 28.0. The van der Waals surface area contributed by atoms with E-state index >= 15 is 0 Å². The molecule has 5 atom stereocenters. The molecule has 0 radical (unpaired) electrons. The largest absolute Gasteiger partial charge is 0.357 e. The highest BCUT2D eigenvalue weighted by molar-refractivity contribution is 7.90. The van der Waals surface area contributed by atoms with E-state index in [4.69, 9.17) is 0 Å². The molecular formula is C19H24N2O3S. The molecule has 1 aromatic rings. The molecular weight excluding hydrogens is 336 g/mol. The number of hydrogen-bond acceptors (Lipinski definition) is 4. The molecule has 0 saturated heterocycles. The molecule has 0 fully saturated rings. The van der Waals surface area contributed by atoms with Crippen LogP contribution in [-0.2, 0) is 14.8 Å². The second-order valence-electron chi connectivity index (χ2n) is 6.96. The van der Waals surface area contributed by atoms with E-state index in [2.05, 4.69) is 19.2 Å². The van der Waals surface area contributed by atoms with Crippen molar-refractivity contribution < 1.29 is 13.2 Å². The van der Waals surface area contributed by atoms with Crippen molar-refractivity contribution in [2.75, 3.05) is 0 Å². The number of allylic oxidation sites excluding steroid dienone is 2. The van der Waals surface area contributed by atoms with Crippen LogP contribution in [0.4, 0.5) is 0 Å². The minimum absolute atomic E-state index is 0.00453. The maximum atomic E-state index is 13.4. The normalized spacial score (nSPS) is 32.2. The average Bonchev–Trinajstić information content (AvgIpc) is 3.05. The number of nitrogens with one attached hydrogen (secondary N) is 1. The Labute approximate surface area is 149 Å². The van der Waals surface area contributed by atoms with Gasteiger partial charge < -0.3 is 5.32 Å². The molecule has 6 heteroatoms. The average molecular weight is 360 g/mol. The monoisotopic (exact) mass is 360 g/mol. The lowest BCUT2D eigenvalue weighted by molar-refractivity contribution is -0.105. The number of benzene rings is 1. The Morgan fingerprint density at radius 1 is 1.04 bits per heavy atom. The van der Waals surface area contributed by atoms with Gasteiger partial charge in [-0.3, -0.25) is 4.79 Å². The predicted molar refractivity (Wildman–Crippen MR) is 97.6 cm³/mol. The molecule has 0 amide bonds. The second-order valence-corrected chi connectivity index (χ2v) is 8.96. The lowest BCUT2D eigenvalue weighted by Gasteiger charge is -2.37. The summed E-state index contributed by atoms with van der Waals surface area (Å²) in [5.41, 5.74) is 1.07. The number of aldehydes is 1. The predicted octanol–water partition coefficient (Wildman–Crippen LogP) is 2.81. The van der Waals surface area contributed by atoms with Crippen LogP contribution in [0.1, 0.15) is 32.5 Å². The second kappa shape index (κ2) is 6.67. The van der Waals surface area contributed by atoms with E-state index in [0.717, 1.165) is 5.56 Å². The number of sulfonamides is 1. The molecule has 1 heterocycles. The van der Waals surface area contributed by atoms with Gasteiger partial charge in [-0.15, -0.1) is 0 Å². The number of hydrogen-bond donors (Lipinski definition) is 1. The van der Waals surface area contributed by atoms with E-state index in [-0.39, 0.29) is 17.5 Å². The third kappa shape index (κ3) is 3.11. The molecule has 0 saturated carbocycles. The number of carbonyl (C=O) groups excluding carboxylic acids is 1. The van der Waals surface area contributed by atoms with Crippen LogP contribution in [0.25, 0.3) is 0 Å². The van der Waals surface area contributed by atoms with Gasteiger partial charge in [-0.2, -0.15) is 0 Å². The van der Waals surface area contributed by atoms with Crippen molar-refractivity contribution in [3.05, 3.63) is 59.9 Å². The Hall–Kier alpha value is -2.08. The lowest BCUT2D eigenvalue weighted by Crippen LogP contribution is -2.44. The standard InChI is InChI=1S/C19H24N2O3S/c1-13-9-10-18(15(3)14(13)2)25(23,24)21-11-17(12-22)20-19(21)16-7-5-4-6-8-16/h4-15,18-20H,1-3H3. The topological polar surface area (TPSA) is 66.5 Å². The van der Waals surface area contributed by atoms with Crippen molar-refractivity contribution in [2.24, 2.45) is 17.8 Å². The molecule has 134 valence electrons. The zero-order valence-electron chi connectivity index (χ0n) is 14.7. The van der Waals surface area contributed by atoms with Gasteiger partial charge in [-0.05, 0) is 23.3 Å². The van der Waals surface area contributed by atoms with Gasteiger partial charge in [0, 0.05) is 6.20 Å². The quantitative estimate of drug-likeness (QED) is 0.662. The smallest absolute Gasteiger partial charge is 0.243 e. The SMILES string of the molecule is CC1C=CC(S(=O)(=O)N2C=C(C=O)NC2c2ccccc2)C(C)C1C. The molecule has 5 unspecified atom stereocenters. The van der Waals surface area contributed by atoms with E-state index in [0.29, 0.717) is 12.2 Å². The Bertz CT molecular complexity index is 801. The van der Waals surface area contributed by atoms with Crippen molar-refractivity contribution in [2.45, 2.75) is 32.2 Å². The van der Waals surface area contributed by atoms with Crippen molar-refractivity contribution >= 4 is 16.3 Å². The number of nitrogens with zero attached hydrogens (tertiary/aromatic N) is 1. The van der Waals surface area contributed by atoms with Crippen molar-refractivity contribution in [3.8, 4) is 0 Å². The van der Waals surface area contributed by atoms with Gasteiger partial charge in [0.15, 0.2) is 6.29 Å². The van der Waals surface area contributed by atoms with Gasteiger partial charge >= 0.3 is 0 Å². The molecule has 0 bridgehead atoms. The first-order chi connectivity index (χ1) is 11.9. The fourth-order valence-corrected chi connectivity index (χ4v) is 5.63. The van der Waals surface area contributed by atoms with Crippen LogP contribution in [0.15, 0.2) is 54.4 Å². The Balaban J connectivity index is 2.00. The summed E-state index contributed by atoms with van der Waals surface area (Å²) in [4.78, 5) is 11.2. The summed E-state index contributed by atoms with van der Waals surface area (Å²) in [5, 5.41) is 2.40. The van der Waals surface area contributed by atoms with E-state index < -0.39 is 21.4 Å². The molecule has 0 spiro atoms. The van der Waals surface area contributed by atoms with Gasteiger partial charge in [0.1, 0.15) is 11.4 Å². The summed E-state index contributed by atoms with van der Waals surface area (Å²) in [5.74, 6) is 0.615. The van der Waals surface area contributed by atoms with Crippen LogP contribution in [0, 0.1) is 17.8 Å². The van der Waals surface area contributed by atoms with Crippen molar-refractivity contribution in [1.82, 2.24) is 9.62 Å². The molecule has 1 aromatic carbocycles. The summed E-state index contributed by atoms with van der Waals surface area (Å²) in [6.45, 7) is 6.18. The van der Waals surface area contributed by atoms with Crippen LogP contribution >= 0.6 is 0 Å². The Morgan fingerprint density at radius 2 is 1.72 bits per heavy atom. The van der Waals surface area contributed by atoms with Crippen LogP contribution in [-0.4, -0.2) is 24.3 Å². The summed E-state index contributed by atoms with van der Waals surface area (Å²) in [6.07, 6.45) is 5.25. The molecule has 25 heavy (non-hydrogen) atoms. The third-order valence-electron chi connectivity index (χ3n) is 5.49. The van der Waals surface area contributed by atoms with Gasteiger partial charge in [0.05, 0.1) is 5.70 Å². The van der Waals surface area contributed by atoms with Crippen molar-refractivity contribution in [3.63, 3.8) is 0 Å². The van der Waals surface area contributed by atoms with Crippen LogP contribution < -0.4 is 5.32 Å². The molecule has 1 N–H and O–H groups in total. The first-order valence-corrected chi connectivity index (χ1v) is 10.1. The molecule has 1 aliphatic heterocycles. The van der Waals surface area contributed by atoms with Crippen LogP contribution in [0.2, 0.25) is 0 Å². The Kier molecular flexibility index (Phi) is 4.73. The highest BCUT2D eigenvalue weighted by Gasteiger charge is 2.43. The Morgan fingerprint density at radius 3 is 2.36 bits per heavy atom. The van der Waals surface area contributed by atoms with E-state index in [9.17, 15) is 13.2 Å². The maximum Gasteiger partial charge on any atom is 0.243 e. The summed E-state index contributed by atoms with van der Waals surface area (Å²) >= 11 is 0. The number of rotatable bonds is 4. The van der Waals surface area contributed by atoms with E-state index in [1.807, 2.05) is 43.3 Å².